The molecule has 5 atom stereocenters. The Balaban J connectivity index is 1.79. The summed E-state index contributed by atoms with van der Waals surface area (Å²) in [5.74, 6) is -1.67. The van der Waals surface area contributed by atoms with E-state index in [9.17, 15) is 19.5 Å². The second kappa shape index (κ2) is 5.89. The highest BCUT2D eigenvalue weighted by atomic mass is 16.5. The Labute approximate surface area is 161 Å². The molecule has 3 heterocycles. The number of aliphatic imine (C=N–C) groups is 1. The van der Waals surface area contributed by atoms with Crippen LogP contribution in [0.5, 0.6) is 0 Å². The molecule has 10 heteroatoms. The van der Waals surface area contributed by atoms with Crippen LogP contribution in [0.4, 0.5) is 4.79 Å². The van der Waals surface area contributed by atoms with Crippen LogP contribution < -0.4 is 5.73 Å². The number of allylic oxidation sites excluding steroid dienone is 2. The first kappa shape index (κ1) is 18.6. The molecule has 2 fully saturated rings. The number of nitrogens with two attached hydrogens (primary N) is 1. The molecule has 150 valence electrons. The molecule has 0 saturated carbocycles. The van der Waals surface area contributed by atoms with Crippen molar-refractivity contribution in [3.63, 3.8) is 0 Å². The molecule has 4 rings (SSSR count). The van der Waals surface area contributed by atoms with Gasteiger partial charge in [-0.1, -0.05) is 0 Å². The summed E-state index contributed by atoms with van der Waals surface area (Å²) >= 11 is 0. The molecular formula is C18H23N5O5. The van der Waals surface area contributed by atoms with E-state index in [1.54, 1.807) is 30.8 Å². The van der Waals surface area contributed by atoms with Crippen molar-refractivity contribution in [1.82, 2.24) is 14.7 Å². The van der Waals surface area contributed by atoms with Gasteiger partial charge in [-0.15, -0.1) is 0 Å². The molecule has 0 radical (unpaired) electrons. The summed E-state index contributed by atoms with van der Waals surface area (Å²) in [6.07, 6.45) is 0.440. The van der Waals surface area contributed by atoms with Crippen LogP contribution in [-0.2, 0) is 14.3 Å². The van der Waals surface area contributed by atoms with Gasteiger partial charge >= 0.3 is 6.09 Å². The van der Waals surface area contributed by atoms with E-state index in [-0.39, 0.29) is 47.0 Å². The average molecular weight is 389 g/mol. The Hall–Kier alpha value is -2.72. The zero-order chi connectivity index (χ0) is 20.5. The van der Waals surface area contributed by atoms with Crippen LogP contribution >= 0.6 is 0 Å². The van der Waals surface area contributed by atoms with E-state index in [4.69, 9.17) is 10.5 Å². The number of piperazine rings is 1. The monoisotopic (exact) mass is 389 g/mol. The number of likely N-dealkylation sites (N-methyl/N-ethyl adjacent to an activating group) is 1. The van der Waals surface area contributed by atoms with Crippen LogP contribution in [-0.4, -0.2) is 95.9 Å². The lowest BCUT2D eigenvalue weighted by Crippen LogP contribution is -2.53. The third-order valence-electron chi connectivity index (χ3n) is 6.04. The maximum atomic E-state index is 13.3. The van der Waals surface area contributed by atoms with Gasteiger partial charge in [0, 0.05) is 37.8 Å². The van der Waals surface area contributed by atoms with Gasteiger partial charge in [0.05, 0.1) is 24.0 Å². The van der Waals surface area contributed by atoms with Crippen LogP contribution in [0.1, 0.15) is 6.92 Å². The smallest absolute Gasteiger partial charge is 0.404 e. The van der Waals surface area contributed by atoms with Crippen molar-refractivity contribution < 1.29 is 24.2 Å². The Kier molecular flexibility index (Phi) is 3.92. The van der Waals surface area contributed by atoms with Gasteiger partial charge in [0.15, 0.2) is 5.72 Å². The molecule has 0 aromatic heterocycles. The first-order valence-electron chi connectivity index (χ1n) is 8.99. The molecular weight excluding hydrogens is 366 g/mol. The summed E-state index contributed by atoms with van der Waals surface area (Å²) in [6.45, 7) is 1.69. The summed E-state index contributed by atoms with van der Waals surface area (Å²) in [7, 11) is 5.37. The van der Waals surface area contributed by atoms with Crippen LogP contribution in [0.3, 0.4) is 0 Å². The number of hydrogen-bond acceptors (Lipinski definition) is 8. The van der Waals surface area contributed by atoms with Crippen LogP contribution in [0, 0.1) is 5.92 Å². The first-order valence-corrected chi connectivity index (χ1v) is 8.99. The number of aliphatic hydroxyl groups is 1. The van der Waals surface area contributed by atoms with E-state index in [1.807, 2.05) is 11.9 Å². The van der Waals surface area contributed by atoms with Crippen LogP contribution in [0.15, 0.2) is 27.5 Å². The molecule has 10 nitrogen and oxygen atoms in total. The number of carbonyl (C=O) groups excluding carboxylic acids is 3. The Morgan fingerprint density at radius 2 is 2.11 bits per heavy atom. The third-order valence-corrected chi connectivity index (χ3v) is 6.04. The molecule has 2 saturated heterocycles. The van der Waals surface area contributed by atoms with Gasteiger partial charge < -0.3 is 25.4 Å². The number of rotatable bonds is 4. The molecule has 1 unspecified atom stereocenters. The summed E-state index contributed by atoms with van der Waals surface area (Å²) in [6, 6.07) is -0.176. The lowest BCUT2D eigenvalue weighted by Gasteiger charge is -2.37. The standard InChI is InChI=1S/C18H23N5O5/c1-8-12(20-7-21(2)3)15(25)11-9(6-28-17(19)26)18(27)16-10(22(16)4)5-23(18)13(11)14(8)24/h7,9-10,16,27H,5-6H2,1-4H3,(H2,19,26)/t9-,10+,16+,18-,22?/m1/s1. The topological polar surface area (TPSA) is 129 Å². The van der Waals surface area contributed by atoms with Gasteiger partial charge in [-0.2, -0.15) is 0 Å². The zero-order valence-electron chi connectivity index (χ0n) is 16.2. The fraction of sp³-hybridized carbons (Fsp3) is 0.556. The molecule has 4 aliphatic rings. The second-order valence-electron chi connectivity index (χ2n) is 7.86. The van der Waals surface area contributed by atoms with E-state index in [2.05, 4.69) is 4.99 Å². The van der Waals surface area contributed by atoms with Gasteiger partial charge in [-0.3, -0.25) is 14.5 Å². The van der Waals surface area contributed by atoms with Crippen molar-refractivity contribution >= 4 is 24.0 Å². The fourth-order valence-corrected chi connectivity index (χ4v) is 4.69. The van der Waals surface area contributed by atoms with Crippen LogP contribution in [0.2, 0.25) is 0 Å². The largest absolute Gasteiger partial charge is 0.449 e. The number of nitrogens with zero attached hydrogens (tertiary/aromatic N) is 4. The van der Waals surface area contributed by atoms with Crippen molar-refractivity contribution in [2.75, 3.05) is 34.3 Å². The van der Waals surface area contributed by atoms with Gasteiger partial charge in [-0.25, -0.2) is 9.79 Å². The summed E-state index contributed by atoms with van der Waals surface area (Å²) in [5.41, 5.74) is 4.20. The molecule has 28 heavy (non-hydrogen) atoms. The molecule has 1 amide bonds. The van der Waals surface area contributed by atoms with E-state index >= 15 is 0 Å². The first-order chi connectivity index (χ1) is 13.1. The molecule has 3 N–H and O–H groups in total. The molecule has 3 aliphatic heterocycles. The number of fused-ring (bicyclic) bond motifs is 4. The molecule has 1 aliphatic carbocycles. The minimum absolute atomic E-state index is 0.0343. The quantitative estimate of drug-likeness (QED) is 0.262. The van der Waals surface area contributed by atoms with Gasteiger partial charge in [0.2, 0.25) is 11.6 Å². The minimum atomic E-state index is -1.51. The number of primary amides is 1. The Morgan fingerprint density at radius 1 is 1.43 bits per heavy atom. The number of Topliss-reactive ketones (excluding diaryl/α,β-unsaturated/α-hetero) is 2. The van der Waals surface area contributed by atoms with E-state index in [1.165, 1.54) is 6.34 Å². The van der Waals surface area contributed by atoms with Crippen molar-refractivity contribution in [3.05, 3.63) is 22.5 Å². The van der Waals surface area contributed by atoms with Gasteiger partial charge in [0.25, 0.3) is 0 Å². The van der Waals surface area contributed by atoms with Crippen molar-refractivity contribution in [3.8, 4) is 0 Å². The lowest BCUT2D eigenvalue weighted by molar-refractivity contribution is -0.126. The lowest BCUT2D eigenvalue weighted by atomic mass is 9.82. The molecule has 0 aromatic rings. The minimum Gasteiger partial charge on any atom is -0.449 e. The maximum Gasteiger partial charge on any atom is 0.404 e. The van der Waals surface area contributed by atoms with Gasteiger partial charge in [0.1, 0.15) is 12.3 Å². The molecule has 0 aromatic carbocycles. The van der Waals surface area contributed by atoms with E-state index < -0.39 is 23.5 Å². The number of carbonyl (C=O) groups is 3. The fourth-order valence-electron chi connectivity index (χ4n) is 4.69. The summed E-state index contributed by atoms with van der Waals surface area (Å²) in [5, 5.41) is 11.6. The number of hydrogen-bond donors (Lipinski definition) is 2. The molecule has 0 spiro atoms. The number of ether oxygens (including phenoxy) is 1. The highest BCUT2D eigenvalue weighted by Crippen LogP contribution is 2.57. The van der Waals surface area contributed by atoms with E-state index in [0.717, 1.165) is 0 Å². The van der Waals surface area contributed by atoms with Crippen molar-refractivity contribution in [2.45, 2.75) is 24.7 Å². The van der Waals surface area contributed by atoms with Crippen molar-refractivity contribution in [2.24, 2.45) is 16.6 Å². The summed E-state index contributed by atoms with van der Waals surface area (Å²) < 4.78 is 4.97. The van der Waals surface area contributed by atoms with Crippen LogP contribution in [0.25, 0.3) is 0 Å². The predicted molar refractivity (Wildman–Crippen MR) is 97.9 cm³/mol. The second-order valence-corrected chi connectivity index (χ2v) is 7.86. The Bertz CT molecular complexity index is 891. The summed E-state index contributed by atoms with van der Waals surface area (Å²) in [4.78, 5) is 47.0. The van der Waals surface area contributed by atoms with Gasteiger partial charge in [-0.05, 0) is 14.0 Å². The Morgan fingerprint density at radius 3 is 2.71 bits per heavy atom. The SMILES string of the molecule is CC1=C(N=CN(C)C)C(=O)C2=C(C1=O)N1C[C@H]3[C@H](N3C)[C@]1(O)[C@@H]2COC(N)=O. The zero-order valence-corrected chi connectivity index (χ0v) is 16.2. The maximum absolute atomic E-state index is 13.3. The van der Waals surface area contributed by atoms with E-state index in [0.29, 0.717) is 6.54 Å². The molecule has 0 bridgehead atoms. The highest BCUT2D eigenvalue weighted by molar-refractivity contribution is 6.25. The highest BCUT2D eigenvalue weighted by Gasteiger charge is 2.74. The number of amides is 1. The number of ketones is 2. The predicted octanol–water partition coefficient (Wildman–Crippen LogP) is -1.33. The third kappa shape index (κ3) is 2.27. The average Bonchev–Trinajstić information content (AvgIpc) is 3.02. The normalized spacial score (nSPS) is 36.1. The van der Waals surface area contributed by atoms with Crippen molar-refractivity contribution in [1.29, 1.82) is 0 Å².